The van der Waals surface area contributed by atoms with Crippen LogP contribution in [0.15, 0.2) is 40.4 Å². The van der Waals surface area contributed by atoms with Crippen molar-refractivity contribution in [2.24, 2.45) is 7.05 Å². The lowest BCUT2D eigenvalue weighted by Gasteiger charge is -2.09. The lowest BCUT2D eigenvalue weighted by Crippen LogP contribution is -1.96. The molecule has 0 atom stereocenters. The Morgan fingerprint density at radius 1 is 1.35 bits per heavy atom. The Bertz CT molecular complexity index is 797. The fourth-order valence-electron chi connectivity index (χ4n) is 2.10. The summed E-state index contributed by atoms with van der Waals surface area (Å²) < 4.78 is 16.0. The highest BCUT2D eigenvalue weighted by Crippen LogP contribution is 2.36. The largest absolute Gasteiger partial charge is 0.398 e. The summed E-state index contributed by atoms with van der Waals surface area (Å²) in [4.78, 5) is 4.74. The minimum atomic E-state index is -0.363. The first-order chi connectivity index (χ1) is 9.56. The van der Waals surface area contributed by atoms with Crippen LogP contribution in [-0.4, -0.2) is 14.8 Å². The van der Waals surface area contributed by atoms with Gasteiger partial charge in [0.15, 0.2) is 0 Å². The number of nitrogen functional groups attached to an aromatic ring is 1. The third-order valence-electron chi connectivity index (χ3n) is 3.00. The number of pyridine rings is 1. The molecule has 2 aromatic heterocycles. The van der Waals surface area contributed by atoms with E-state index in [9.17, 15) is 4.39 Å². The first-order valence-corrected chi connectivity index (χ1v) is 6.89. The van der Waals surface area contributed by atoms with Gasteiger partial charge in [0.25, 0.3) is 0 Å². The third kappa shape index (κ3) is 2.12. The van der Waals surface area contributed by atoms with Crippen molar-refractivity contribution in [2.45, 2.75) is 16.8 Å². The number of halogens is 1. The molecule has 0 fully saturated rings. The molecule has 0 saturated heterocycles. The van der Waals surface area contributed by atoms with Crippen molar-refractivity contribution in [3.8, 4) is 0 Å². The molecule has 3 aromatic rings. The van der Waals surface area contributed by atoms with Crippen molar-refractivity contribution >= 4 is 28.4 Å². The molecule has 0 saturated carbocycles. The fraction of sp³-hybridized carbons (Fsp3) is 0.143. The smallest absolute Gasteiger partial charge is 0.141 e. The van der Waals surface area contributed by atoms with Gasteiger partial charge < -0.3 is 5.73 Å². The summed E-state index contributed by atoms with van der Waals surface area (Å²) in [5.41, 5.74) is 7.72. The highest BCUT2D eigenvalue weighted by atomic mass is 32.2. The number of hydrogen-bond donors (Lipinski definition) is 1. The van der Waals surface area contributed by atoms with Gasteiger partial charge >= 0.3 is 0 Å². The number of anilines is 1. The SMILES string of the molecule is Cc1cc(Sc2c(F)cc(N)c3cccnc23)n(C)n1. The number of nitrogens with zero attached hydrogens (tertiary/aromatic N) is 3. The maximum Gasteiger partial charge on any atom is 0.141 e. The van der Waals surface area contributed by atoms with E-state index in [-0.39, 0.29) is 5.82 Å². The molecule has 20 heavy (non-hydrogen) atoms. The third-order valence-corrected chi connectivity index (χ3v) is 4.18. The van der Waals surface area contributed by atoms with Gasteiger partial charge in [-0.1, -0.05) is 11.8 Å². The fourth-order valence-corrected chi connectivity index (χ4v) is 3.12. The van der Waals surface area contributed by atoms with Crippen molar-refractivity contribution in [3.63, 3.8) is 0 Å². The van der Waals surface area contributed by atoms with Crippen LogP contribution in [-0.2, 0) is 7.05 Å². The molecule has 4 nitrogen and oxygen atoms in total. The summed E-state index contributed by atoms with van der Waals surface area (Å²) in [6.07, 6.45) is 1.64. The summed E-state index contributed by atoms with van der Waals surface area (Å²) in [7, 11) is 1.83. The minimum absolute atomic E-state index is 0.363. The molecule has 3 rings (SSSR count). The molecule has 0 aliphatic carbocycles. The molecule has 0 spiro atoms. The van der Waals surface area contributed by atoms with Crippen LogP contribution in [0.2, 0.25) is 0 Å². The lowest BCUT2D eigenvalue weighted by atomic mass is 10.2. The molecule has 0 aliphatic rings. The van der Waals surface area contributed by atoms with Crippen molar-refractivity contribution < 1.29 is 4.39 Å². The first kappa shape index (κ1) is 12.9. The molecule has 0 amide bonds. The number of nitrogens with two attached hydrogens (primary N) is 1. The van der Waals surface area contributed by atoms with E-state index >= 15 is 0 Å². The summed E-state index contributed by atoms with van der Waals surface area (Å²) in [6.45, 7) is 1.90. The zero-order valence-electron chi connectivity index (χ0n) is 11.1. The molecule has 2 heterocycles. The second-order valence-corrected chi connectivity index (χ2v) is 5.56. The van der Waals surface area contributed by atoms with E-state index in [4.69, 9.17) is 5.73 Å². The van der Waals surface area contributed by atoms with Gasteiger partial charge in [-0.15, -0.1) is 0 Å². The Kier molecular flexibility index (Phi) is 3.10. The Morgan fingerprint density at radius 2 is 2.15 bits per heavy atom. The van der Waals surface area contributed by atoms with E-state index in [1.807, 2.05) is 26.1 Å². The molecule has 2 N–H and O–H groups in total. The van der Waals surface area contributed by atoms with Crippen molar-refractivity contribution in [1.29, 1.82) is 0 Å². The average Bonchev–Trinajstić information content (AvgIpc) is 2.73. The molecule has 0 bridgehead atoms. The van der Waals surface area contributed by atoms with Gasteiger partial charge in [0.1, 0.15) is 5.82 Å². The van der Waals surface area contributed by atoms with Crippen LogP contribution in [0.4, 0.5) is 10.1 Å². The predicted molar refractivity (Wildman–Crippen MR) is 78.2 cm³/mol. The number of aryl methyl sites for hydroxylation is 2. The average molecular weight is 288 g/mol. The van der Waals surface area contributed by atoms with E-state index in [0.29, 0.717) is 16.1 Å². The summed E-state index contributed by atoms with van der Waals surface area (Å²) in [5, 5.41) is 5.88. The zero-order valence-corrected chi connectivity index (χ0v) is 11.9. The number of benzene rings is 1. The Balaban J connectivity index is 2.18. The van der Waals surface area contributed by atoms with Crippen LogP contribution in [0.1, 0.15) is 5.69 Å². The van der Waals surface area contributed by atoms with Crippen molar-refractivity contribution in [1.82, 2.24) is 14.8 Å². The second kappa shape index (κ2) is 4.79. The molecule has 0 aliphatic heterocycles. The first-order valence-electron chi connectivity index (χ1n) is 6.07. The number of aromatic nitrogens is 3. The van der Waals surface area contributed by atoms with Gasteiger partial charge in [-0.2, -0.15) is 5.10 Å². The second-order valence-electron chi connectivity index (χ2n) is 4.53. The van der Waals surface area contributed by atoms with Gasteiger partial charge in [0.2, 0.25) is 0 Å². The maximum absolute atomic E-state index is 14.2. The number of hydrogen-bond acceptors (Lipinski definition) is 4. The monoisotopic (exact) mass is 288 g/mol. The van der Waals surface area contributed by atoms with Crippen LogP contribution in [0, 0.1) is 12.7 Å². The normalized spacial score (nSPS) is 11.2. The van der Waals surface area contributed by atoms with E-state index in [0.717, 1.165) is 16.1 Å². The predicted octanol–water partition coefficient (Wildman–Crippen LogP) is 3.15. The van der Waals surface area contributed by atoms with Crippen LogP contribution in [0.25, 0.3) is 10.9 Å². The van der Waals surface area contributed by atoms with Crippen LogP contribution >= 0.6 is 11.8 Å². The molecule has 0 radical (unpaired) electrons. The maximum atomic E-state index is 14.2. The Morgan fingerprint density at radius 3 is 2.85 bits per heavy atom. The van der Waals surface area contributed by atoms with Gasteiger partial charge in [0, 0.05) is 24.3 Å². The van der Waals surface area contributed by atoms with Gasteiger partial charge in [-0.05, 0) is 31.2 Å². The molecule has 1 aromatic carbocycles. The summed E-state index contributed by atoms with van der Waals surface area (Å²) >= 11 is 1.31. The molecular formula is C14H13FN4S. The van der Waals surface area contributed by atoms with E-state index in [1.165, 1.54) is 17.8 Å². The van der Waals surface area contributed by atoms with Crippen LogP contribution < -0.4 is 5.73 Å². The van der Waals surface area contributed by atoms with Crippen LogP contribution in [0.5, 0.6) is 0 Å². The van der Waals surface area contributed by atoms with Gasteiger partial charge in [-0.3, -0.25) is 9.67 Å². The van der Waals surface area contributed by atoms with Gasteiger partial charge in [0.05, 0.1) is 21.1 Å². The van der Waals surface area contributed by atoms with Crippen LogP contribution in [0.3, 0.4) is 0 Å². The Labute approximate surface area is 119 Å². The van der Waals surface area contributed by atoms with E-state index < -0.39 is 0 Å². The topological polar surface area (TPSA) is 56.7 Å². The van der Waals surface area contributed by atoms with Gasteiger partial charge in [-0.25, -0.2) is 4.39 Å². The molecule has 102 valence electrons. The van der Waals surface area contributed by atoms with E-state index in [1.54, 1.807) is 16.9 Å². The Hall–Kier alpha value is -2.08. The highest BCUT2D eigenvalue weighted by Gasteiger charge is 2.15. The quantitative estimate of drug-likeness (QED) is 0.736. The lowest BCUT2D eigenvalue weighted by molar-refractivity contribution is 0.604. The number of fused-ring (bicyclic) bond motifs is 1. The van der Waals surface area contributed by atoms with E-state index in [2.05, 4.69) is 10.1 Å². The summed E-state index contributed by atoms with van der Waals surface area (Å²) in [6, 6.07) is 6.89. The minimum Gasteiger partial charge on any atom is -0.398 e. The standard InChI is InChI=1S/C14H13FN4S/c1-8-6-12(19(2)18-8)20-14-10(15)7-11(16)9-4-3-5-17-13(9)14/h3-7H,16H2,1-2H3. The number of rotatable bonds is 2. The highest BCUT2D eigenvalue weighted by molar-refractivity contribution is 7.99. The van der Waals surface area contributed by atoms with Crippen molar-refractivity contribution in [3.05, 3.63) is 42.0 Å². The zero-order chi connectivity index (χ0) is 14.3. The molecular weight excluding hydrogens is 275 g/mol. The molecule has 0 unspecified atom stereocenters. The summed E-state index contributed by atoms with van der Waals surface area (Å²) in [5.74, 6) is -0.363. The molecule has 6 heteroatoms. The van der Waals surface area contributed by atoms with Crippen molar-refractivity contribution in [2.75, 3.05) is 5.73 Å².